The van der Waals surface area contributed by atoms with Gasteiger partial charge in [0.1, 0.15) is 12.4 Å². The van der Waals surface area contributed by atoms with Gasteiger partial charge in [0.25, 0.3) is 5.91 Å². The second-order valence-electron chi connectivity index (χ2n) is 8.06. The zero-order valence-corrected chi connectivity index (χ0v) is 18.1. The third kappa shape index (κ3) is 4.58. The number of fused-ring (bicyclic) bond motifs is 1. The Morgan fingerprint density at radius 2 is 1.97 bits per heavy atom. The molecule has 0 saturated carbocycles. The largest absolute Gasteiger partial charge is 0.492 e. The fourth-order valence-corrected chi connectivity index (χ4v) is 3.20. The van der Waals surface area contributed by atoms with Crippen LogP contribution in [0.25, 0.3) is 11.0 Å². The van der Waals surface area contributed by atoms with Gasteiger partial charge in [0.2, 0.25) is 0 Å². The Morgan fingerprint density at radius 1 is 1.21 bits per heavy atom. The van der Waals surface area contributed by atoms with Crippen molar-refractivity contribution < 1.29 is 9.53 Å². The summed E-state index contributed by atoms with van der Waals surface area (Å²) in [6, 6.07) is 9.98. The maximum absolute atomic E-state index is 13.2. The molecule has 1 amide bonds. The van der Waals surface area contributed by atoms with Crippen molar-refractivity contribution in [1.29, 1.82) is 0 Å². The number of hydrogen-bond acceptors (Lipinski definition) is 4. The van der Waals surface area contributed by atoms with E-state index in [0.29, 0.717) is 18.7 Å². The van der Waals surface area contributed by atoms with Gasteiger partial charge in [-0.1, -0.05) is 26.0 Å². The molecule has 0 fully saturated rings. The normalized spacial score (nSPS) is 11.4. The highest BCUT2D eigenvalue weighted by Gasteiger charge is 2.21. The first-order valence-electron chi connectivity index (χ1n) is 10.1. The fourth-order valence-electron chi connectivity index (χ4n) is 3.20. The minimum Gasteiger partial charge on any atom is -0.492 e. The molecule has 0 aliphatic carbocycles. The topological polar surface area (TPSA) is 60.2 Å². The van der Waals surface area contributed by atoms with E-state index in [4.69, 9.17) is 9.72 Å². The van der Waals surface area contributed by atoms with E-state index in [-0.39, 0.29) is 17.9 Å². The van der Waals surface area contributed by atoms with Crippen LogP contribution in [0.1, 0.15) is 61.3 Å². The molecule has 1 aromatic carbocycles. The monoisotopic (exact) mass is 394 g/mol. The molecule has 0 radical (unpaired) electrons. The van der Waals surface area contributed by atoms with E-state index < -0.39 is 0 Å². The van der Waals surface area contributed by atoms with Crippen molar-refractivity contribution in [2.24, 2.45) is 0 Å². The SMILES string of the molecule is Cc1cccc(OCCN(C)C(=O)c2cc(C(C)C)nc3c2cnn3C(C)C)c1. The highest BCUT2D eigenvalue weighted by Crippen LogP contribution is 2.25. The fraction of sp³-hybridized carbons (Fsp3) is 0.435. The van der Waals surface area contributed by atoms with Gasteiger partial charge in [0.15, 0.2) is 5.65 Å². The van der Waals surface area contributed by atoms with E-state index in [1.54, 1.807) is 18.1 Å². The van der Waals surface area contributed by atoms with Crippen LogP contribution in [0.4, 0.5) is 0 Å². The number of likely N-dealkylation sites (N-methyl/N-ethyl adjacent to an activating group) is 1. The van der Waals surface area contributed by atoms with Gasteiger partial charge in [-0.3, -0.25) is 4.79 Å². The highest BCUT2D eigenvalue weighted by atomic mass is 16.5. The minimum atomic E-state index is -0.0459. The summed E-state index contributed by atoms with van der Waals surface area (Å²) in [4.78, 5) is 19.7. The Bertz CT molecular complexity index is 1010. The number of rotatable bonds is 7. The Kier molecular flexibility index (Phi) is 6.20. The average Bonchev–Trinajstić information content (AvgIpc) is 3.11. The van der Waals surface area contributed by atoms with Gasteiger partial charge in [-0.2, -0.15) is 5.10 Å². The summed E-state index contributed by atoms with van der Waals surface area (Å²) < 4.78 is 7.68. The summed E-state index contributed by atoms with van der Waals surface area (Å²) in [5.41, 5.74) is 3.45. The number of benzene rings is 1. The number of aromatic nitrogens is 3. The molecule has 154 valence electrons. The lowest BCUT2D eigenvalue weighted by molar-refractivity contribution is 0.0775. The maximum Gasteiger partial charge on any atom is 0.254 e. The van der Waals surface area contributed by atoms with E-state index in [1.807, 2.05) is 41.9 Å². The van der Waals surface area contributed by atoms with Gasteiger partial charge < -0.3 is 9.64 Å². The van der Waals surface area contributed by atoms with Gasteiger partial charge in [-0.15, -0.1) is 0 Å². The first kappa shape index (κ1) is 20.8. The van der Waals surface area contributed by atoms with Crippen LogP contribution in [-0.2, 0) is 0 Å². The van der Waals surface area contributed by atoms with Crippen LogP contribution in [0, 0.1) is 6.92 Å². The first-order chi connectivity index (χ1) is 13.8. The Morgan fingerprint density at radius 3 is 2.62 bits per heavy atom. The number of ether oxygens (including phenoxy) is 1. The predicted molar refractivity (Wildman–Crippen MR) is 116 cm³/mol. The van der Waals surface area contributed by atoms with E-state index in [1.165, 1.54) is 0 Å². The molecule has 0 bridgehead atoms. The van der Waals surface area contributed by atoms with E-state index >= 15 is 0 Å². The minimum absolute atomic E-state index is 0.0459. The number of hydrogen-bond donors (Lipinski definition) is 0. The number of carbonyl (C=O) groups is 1. The van der Waals surface area contributed by atoms with Gasteiger partial charge in [0.05, 0.1) is 23.7 Å². The lowest BCUT2D eigenvalue weighted by Gasteiger charge is -2.19. The lowest BCUT2D eigenvalue weighted by atomic mass is 10.0. The van der Waals surface area contributed by atoms with Gasteiger partial charge in [-0.25, -0.2) is 9.67 Å². The van der Waals surface area contributed by atoms with Crippen LogP contribution in [0.15, 0.2) is 36.5 Å². The van der Waals surface area contributed by atoms with E-state index in [0.717, 1.165) is 28.0 Å². The summed E-state index contributed by atoms with van der Waals surface area (Å²) in [7, 11) is 1.80. The molecule has 2 heterocycles. The van der Waals surface area contributed by atoms with Crippen LogP contribution in [0.5, 0.6) is 5.75 Å². The molecular formula is C23H30N4O2. The van der Waals surface area contributed by atoms with E-state index in [9.17, 15) is 4.79 Å². The molecule has 3 rings (SSSR count). The number of pyridine rings is 1. The summed E-state index contributed by atoms with van der Waals surface area (Å²) in [5.74, 6) is 0.990. The third-order valence-corrected chi connectivity index (χ3v) is 4.93. The summed E-state index contributed by atoms with van der Waals surface area (Å²) in [6.45, 7) is 11.2. The van der Waals surface area contributed by atoms with Crippen molar-refractivity contribution in [3.8, 4) is 5.75 Å². The summed E-state index contributed by atoms with van der Waals surface area (Å²) in [5, 5.41) is 5.26. The summed E-state index contributed by atoms with van der Waals surface area (Å²) in [6.07, 6.45) is 1.75. The molecule has 0 aliphatic heterocycles. The smallest absolute Gasteiger partial charge is 0.254 e. The molecule has 6 heteroatoms. The van der Waals surface area contributed by atoms with Crippen LogP contribution >= 0.6 is 0 Å². The number of aryl methyl sites for hydroxylation is 1. The molecule has 6 nitrogen and oxygen atoms in total. The van der Waals surface area contributed by atoms with Crippen molar-refractivity contribution in [3.05, 3.63) is 53.3 Å². The molecule has 0 atom stereocenters. The zero-order valence-electron chi connectivity index (χ0n) is 18.1. The average molecular weight is 395 g/mol. The molecular weight excluding hydrogens is 364 g/mol. The molecule has 0 aliphatic rings. The molecule has 29 heavy (non-hydrogen) atoms. The quantitative estimate of drug-likeness (QED) is 0.588. The Labute approximate surface area is 172 Å². The van der Waals surface area contributed by atoms with Gasteiger partial charge >= 0.3 is 0 Å². The van der Waals surface area contributed by atoms with Crippen molar-refractivity contribution in [1.82, 2.24) is 19.7 Å². The molecule has 3 aromatic rings. The number of nitrogens with zero attached hydrogens (tertiary/aromatic N) is 4. The number of carbonyl (C=O) groups excluding carboxylic acids is 1. The lowest BCUT2D eigenvalue weighted by Crippen LogP contribution is -2.31. The van der Waals surface area contributed by atoms with Gasteiger partial charge in [-0.05, 0) is 50.5 Å². The molecule has 0 spiro atoms. The van der Waals surface area contributed by atoms with Crippen molar-refractivity contribution >= 4 is 16.9 Å². The van der Waals surface area contributed by atoms with Crippen LogP contribution in [-0.4, -0.2) is 45.8 Å². The van der Waals surface area contributed by atoms with Crippen molar-refractivity contribution in [2.45, 2.75) is 46.6 Å². The zero-order chi connectivity index (χ0) is 21.1. The van der Waals surface area contributed by atoms with Crippen molar-refractivity contribution in [2.75, 3.05) is 20.2 Å². The van der Waals surface area contributed by atoms with Crippen LogP contribution in [0.2, 0.25) is 0 Å². The third-order valence-electron chi connectivity index (χ3n) is 4.93. The standard InChI is InChI=1S/C23H30N4O2/c1-15(2)21-13-19(20-14-24-27(16(3)4)22(20)25-21)23(28)26(6)10-11-29-18-9-7-8-17(5)12-18/h7-9,12-16H,10-11H2,1-6H3. The van der Waals surface area contributed by atoms with E-state index in [2.05, 4.69) is 32.8 Å². The molecule has 0 N–H and O–H groups in total. The summed E-state index contributed by atoms with van der Waals surface area (Å²) >= 11 is 0. The predicted octanol–water partition coefficient (Wildman–Crippen LogP) is 4.60. The van der Waals surface area contributed by atoms with Crippen LogP contribution < -0.4 is 4.74 Å². The number of amides is 1. The van der Waals surface area contributed by atoms with Crippen LogP contribution in [0.3, 0.4) is 0 Å². The molecule has 2 aromatic heterocycles. The second kappa shape index (κ2) is 8.64. The van der Waals surface area contributed by atoms with Crippen molar-refractivity contribution in [3.63, 3.8) is 0 Å². The highest BCUT2D eigenvalue weighted by molar-refractivity contribution is 6.05. The Hall–Kier alpha value is -2.89. The first-order valence-corrected chi connectivity index (χ1v) is 10.1. The Balaban J connectivity index is 1.81. The molecule has 0 saturated heterocycles. The molecule has 0 unspecified atom stereocenters. The second-order valence-corrected chi connectivity index (χ2v) is 8.06. The van der Waals surface area contributed by atoms with Gasteiger partial charge in [0, 0.05) is 18.8 Å². The maximum atomic E-state index is 13.2.